The summed E-state index contributed by atoms with van der Waals surface area (Å²) < 4.78 is 1.08. The van der Waals surface area contributed by atoms with Crippen molar-refractivity contribution in [3.8, 4) is 0 Å². The molecule has 1 heterocycles. The average Bonchev–Trinajstić information content (AvgIpc) is 2.61. The summed E-state index contributed by atoms with van der Waals surface area (Å²) in [4.78, 5) is 2.40. The minimum atomic E-state index is -0.126. The van der Waals surface area contributed by atoms with Crippen molar-refractivity contribution in [1.82, 2.24) is 0 Å². The summed E-state index contributed by atoms with van der Waals surface area (Å²) in [6.45, 7) is 4.07. The van der Waals surface area contributed by atoms with Gasteiger partial charge in [0.1, 0.15) is 0 Å². The van der Waals surface area contributed by atoms with E-state index in [1.807, 2.05) is 25.1 Å². The summed E-state index contributed by atoms with van der Waals surface area (Å²) in [5, 5.41) is 0.651. The Kier molecular flexibility index (Phi) is 4.19. The van der Waals surface area contributed by atoms with Gasteiger partial charge in [0.2, 0.25) is 0 Å². The SMILES string of the molecule is Cc1cc(Br)c(C(Cl)c2ccc(Cl)c(C)c2)s1. The molecule has 0 radical (unpaired) electrons. The van der Waals surface area contributed by atoms with Crippen LogP contribution >= 0.6 is 50.5 Å². The number of hydrogen-bond donors (Lipinski definition) is 0. The maximum Gasteiger partial charge on any atom is 0.0939 e. The van der Waals surface area contributed by atoms with Crippen molar-refractivity contribution >= 4 is 50.5 Å². The van der Waals surface area contributed by atoms with Crippen molar-refractivity contribution in [1.29, 1.82) is 0 Å². The highest BCUT2D eigenvalue weighted by molar-refractivity contribution is 9.10. The van der Waals surface area contributed by atoms with Gasteiger partial charge in [-0.05, 0) is 53.0 Å². The van der Waals surface area contributed by atoms with Crippen molar-refractivity contribution in [3.63, 3.8) is 0 Å². The second kappa shape index (κ2) is 5.31. The van der Waals surface area contributed by atoms with E-state index in [9.17, 15) is 0 Å². The molecule has 0 aliphatic rings. The van der Waals surface area contributed by atoms with Gasteiger partial charge in [0.15, 0.2) is 0 Å². The van der Waals surface area contributed by atoms with Gasteiger partial charge in [-0.15, -0.1) is 22.9 Å². The van der Waals surface area contributed by atoms with Crippen LogP contribution in [0.4, 0.5) is 0 Å². The van der Waals surface area contributed by atoms with Gasteiger partial charge in [-0.1, -0.05) is 23.7 Å². The monoisotopic (exact) mass is 348 g/mol. The first kappa shape index (κ1) is 13.4. The van der Waals surface area contributed by atoms with Crippen molar-refractivity contribution in [2.75, 3.05) is 0 Å². The van der Waals surface area contributed by atoms with E-state index in [1.54, 1.807) is 11.3 Å². The molecule has 17 heavy (non-hydrogen) atoms. The second-order valence-electron chi connectivity index (χ2n) is 3.94. The third-order valence-electron chi connectivity index (χ3n) is 2.54. The van der Waals surface area contributed by atoms with E-state index in [4.69, 9.17) is 23.2 Å². The first-order valence-corrected chi connectivity index (χ1v) is 7.57. The highest BCUT2D eigenvalue weighted by Crippen LogP contribution is 2.39. The minimum Gasteiger partial charge on any atom is -0.143 e. The van der Waals surface area contributed by atoms with E-state index < -0.39 is 0 Å². The van der Waals surface area contributed by atoms with Crippen molar-refractivity contribution < 1.29 is 0 Å². The van der Waals surface area contributed by atoms with Gasteiger partial charge >= 0.3 is 0 Å². The largest absolute Gasteiger partial charge is 0.143 e. The molecule has 2 aromatic rings. The van der Waals surface area contributed by atoms with Crippen molar-refractivity contribution in [2.24, 2.45) is 0 Å². The van der Waals surface area contributed by atoms with E-state index in [0.717, 1.165) is 25.5 Å². The molecular formula is C13H11BrCl2S. The lowest BCUT2D eigenvalue weighted by molar-refractivity contribution is 1.16. The fourth-order valence-electron chi connectivity index (χ4n) is 1.65. The number of benzene rings is 1. The number of aryl methyl sites for hydroxylation is 2. The van der Waals surface area contributed by atoms with Crippen LogP contribution < -0.4 is 0 Å². The Bertz CT molecular complexity index is 548. The van der Waals surface area contributed by atoms with Gasteiger partial charge in [0.05, 0.1) is 5.38 Å². The molecule has 0 amide bonds. The van der Waals surface area contributed by atoms with Crippen LogP contribution in [0.5, 0.6) is 0 Å². The van der Waals surface area contributed by atoms with Gasteiger partial charge in [-0.2, -0.15) is 0 Å². The third kappa shape index (κ3) is 2.87. The lowest BCUT2D eigenvalue weighted by atomic mass is 10.1. The Hall–Kier alpha value is -0.0200. The van der Waals surface area contributed by atoms with Crippen molar-refractivity contribution in [2.45, 2.75) is 19.2 Å². The Labute approximate surface area is 124 Å². The maximum absolute atomic E-state index is 6.51. The highest BCUT2D eigenvalue weighted by atomic mass is 79.9. The molecule has 0 fully saturated rings. The van der Waals surface area contributed by atoms with Gasteiger partial charge in [0, 0.05) is 19.2 Å². The zero-order valence-corrected chi connectivity index (χ0v) is 13.3. The minimum absolute atomic E-state index is 0.126. The van der Waals surface area contributed by atoms with E-state index in [-0.39, 0.29) is 5.38 Å². The molecule has 0 saturated heterocycles. The molecule has 0 N–H and O–H groups in total. The zero-order chi connectivity index (χ0) is 12.6. The van der Waals surface area contributed by atoms with E-state index >= 15 is 0 Å². The molecule has 0 spiro atoms. The quantitative estimate of drug-likeness (QED) is 0.574. The topological polar surface area (TPSA) is 0 Å². The lowest BCUT2D eigenvalue weighted by Crippen LogP contribution is -1.92. The summed E-state index contributed by atoms with van der Waals surface area (Å²) in [6.07, 6.45) is 0. The predicted molar refractivity (Wildman–Crippen MR) is 80.6 cm³/mol. The number of thiophene rings is 1. The lowest BCUT2D eigenvalue weighted by Gasteiger charge is -2.10. The molecule has 1 aromatic heterocycles. The smallest absolute Gasteiger partial charge is 0.0939 e. The Morgan fingerprint density at radius 1 is 1.24 bits per heavy atom. The summed E-state index contributed by atoms with van der Waals surface area (Å²) in [7, 11) is 0. The standard InChI is InChI=1S/C13H11BrCl2S/c1-7-5-9(3-4-11(7)15)12(16)13-10(14)6-8(2)17-13/h3-6,12H,1-2H3. The van der Waals surface area contributed by atoms with Crippen LogP contribution in [-0.2, 0) is 0 Å². The van der Waals surface area contributed by atoms with Gasteiger partial charge in [0.25, 0.3) is 0 Å². The molecule has 4 heteroatoms. The molecule has 0 bridgehead atoms. The number of rotatable bonds is 2. The molecule has 0 nitrogen and oxygen atoms in total. The highest BCUT2D eigenvalue weighted by Gasteiger charge is 2.17. The molecular weight excluding hydrogens is 339 g/mol. The van der Waals surface area contributed by atoms with Gasteiger partial charge in [-0.25, -0.2) is 0 Å². The molecule has 90 valence electrons. The fourth-order valence-corrected chi connectivity index (χ4v) is 4.17. The summed E-state index contributed by atoms with van der Waals surface area (Å²) >= 11 is 17.8. The molecule has 2 rings (SSSR count). The van der Waals surface area contributed by atoms with Gasteiger partial charge < -0.3 is 0 Å². The number of halogens is 3. The van der Waals surface area contributed by atoms with Crippen LogP contribution in [-0.4, -0.2) is 0 Å². The zero-order valence-electron chi connectivity index (χ0n) is 9.43. The van der Waals surface area contributed by atoms with E-state index in [1.165, 1.54) is 4.88 Å². The fraction of sp³-hybridized carbons (Fsp3) is 0.231. The Balaban J connectivity index is 2.40. The first-order chi connectivity index (χ1) is 7.99. The Morgan fingerprint density at radius 2 is 1.94 bits per heavy atom. The van der Waals surface area contributed by atoms with Crippen molar-refractivity contribution in [3.05, 3.63) is 54.6 Å². The third-order valence-corrected chi connectivity index (χ3v) is 5.60. The molecule has 1 unspecified atom stereocenters. The molecule has 1 aromatic carbocycles. The molecule has 1 atom stereocenters. The average molecular weight is 350 g/mol. The second-order valence-corrected chi connectivity index (χ2v) is 6.93. The maximum atomic E-state index is 6.51. The summed E-state index contributed by atoms with van der Waals surface area (Å²) in [5.74, 6) is 0. The van der Waals surface area contributed by atoms with Crippen LogP contribution in [0, 0.1) is 13.8 Å². The van der Waals surface area contributed by atoms with E-state index in [2.05, 4.69) is 28.9 Å². The van der Waals surface area contributed by atoms with E-state index in [0.29, 0.717) is 0 Å². The van der Waals surface area contributed by atoms with Crippen LogP contribution in [0.1, 0.15) is 26.3 Å². The first-order valence-electron chi connectivity index (χ1n) is 5.15. The summed E-state index contributed by atoms with van der Waals surface area (Å²) in [6, 6.07) is 8.02. The number of hydrogen-bond acceptors (Lipinski definition) is 1. The molecule has 0 saturated carbocycles. The van der Waals surface area contributed by atoms with Crippen LogP contribution in [0.2, 0.25) is 5.02 Å². The Morgan fingerprint density at radius 3 is 2.47 bits per heavy atom. The predicted octanol–water partition coefficient (Wildman–Crippen LogP) is 6.11. The van der Waals surface area contributed by atoms with Crippen LogP contribution in [0.15, 0.2) is 28.7 Å². The van der Waals surface area contributed by atoms with Crippen LogP contribution in [0.25, 0.3) is 0 Å². The van der Waals surface area contributed by atoms with Crippen LogP contribution in [0.3, 0.4) is 0 Å². The number of alkyl halides is 1. The summed E-state index contributed by atoms with van der Waals surface area (Å²) in [5.41, 5.74) is 2.13. The normalized spacial score (nSPS) is 12.8. The molecule has 0 aliphatic heterocycles. The van der Waals surface area contributed by atoms with Gasteiger partial charge in [-0.3, -0.25) is 0 Å². The molecule has 0 aliphatic carbocycles.